The summed E-state index contributed by atoms with van der Waals surface area (Å²) in [7, 11) is 1.65. The molecule has 1 heterocycles. The van der Waals surface area contributed by atoms with Crippen molar-refractivity contribution >= 4 is 6.01 Å². The molecule has 0 radical (unpaired) electrons. The first-order chi connectivity index (χ1) is 9.72. The number of methoxy groups -OCH3 is 1. The lowest BCUT2D eigenvalue weighted by Gasteiger charge is -2.06. The van der Waals surface area contributed by atoms with Crippen molar-refractivity contribution in [2.24, 2.45) is 0 Å². The summed E-state index contributed by atoms with van der Waals surface area (Å²) in [4.78, 5) is 0. The Labute approximate surface area is 118 Å². The van der Waals surface area contributed by atoms with Crippen molar-refractivity contribution in [3.8, 4) is 5.75 Å². The van der Waals surface area contributed by atoms with Crippen molar-refractivity contribution in [1.29, 1.82) is 0 Å². The van der Waals surface area contributed by atoms with Gasteiger partial charge in [-0.15, -0.1) is 5.10 Å². The Morgan fingerprint density at radius 1 is 1.25 bits per heavy atom. The standard InChI is InChI=1S/C14H20N4O2/c1-4-15-10(2)13-17-18-14(20-13)16-9-11-5-7-12(19-3)8-6-11/h5-8,10,15H,4,9H2,1-3H3,(H,16,18). The van der Waals surface area contributed by atoms with Gasteiger partial charge in [-0.05, 0) is 31.2 Å². The molecular weight excluding hydrogens is 256 g/mol. The molecule has 0 aliphatic carbocycles. The van der Waals surface area contributed by atoms with Crippen LogP contribution in [0, 0.1) is 0 Å². The second-order valence-corrected chi connectivity index (χ2v) is 4.43. The number of nitrogens with one attached hydrogen (secondary N) is 2. The van der Waals surface area contributed by atoms with Crippen LogP contribution in [0.5, 0.6) is 5.75 Å². The number of ether oxygens (including phenoxy) is 1. The molecule has 6 nitrogen and oxygen atoms in total. The fourth-order valence-corrected chi connectivity index (χ4v) is 1.80. The zero-order valence-electron chi connectivity index (χ0n) is 12.0. The molecule has 0 aliphatic rings. The van der Waals surface area contributed by atoms with Gasteiger partial charge in [0.2, 0.25) is 5.89 Å². The van der Waals surface area contributed by atoms with Crippen LogP contribution in [0.25, 0.3) is 0 Å². The lowest BCUT2D eigenvalue weighted by molar-refractivity contribution is 0.414. The molecule has 0 saturated carbocycles. The number of anilines is 1. The third-order valence-corrected chi connectivity index (χ3v) is 2.92. The van der Waals surface area contributed by atoms with Gasteiger partial charge in [-0.25, -0.2) is 0 Å². The first kappa shape index (κ1) is 14.3. The number of hydrogen-bond acceptors (Lipinski definition) is 6. The van der Waals surface area contributed by atoms with Gasteiger partial charge >= 0.3 is 6.01 Å². The van der Waals surface area contributed by atoms with Crippen molar-refractivity contribution in [3.63, 3.8) is 0 Å². The van der Waals surface area contributed by atoms with Gasteiger partial charge in [-0.3, -0.25) is 0 Å². The van der Waals surface area contributed by atoms with Crippen LogP contribution in [0.1, 0.15) is 31.3 Å². The highest BCUT2D eigenvalue weighted by Gasteiger charge is 2.12. The summed E-state index contributed by atoms with van der Waals surface area (Å²) in [6.45, 7) is 5.51. The molecule has 0 fully saturated rings. The minimum atomic E-state index is 0.0593. The second-order valence-electron chi connectivity index (χ2n) is 4.43. The van der Waals surface area contributed by atoms with Gasteiger partial charge in [0.15, 0.2) is 0 Å². The Morgan fingerprint density at radius 2 is 2.00 bits per heavy atom. The van der Waals surface area contributed by atoms with E-state index in [2.05, 4.69) is 20.8 Å². The predicted octanol–water partition coefficient (Wildman–Crippen LogP) is 2.36. The van der Waals surface area contributed by atoms with Crippen LogP contribution in [0.4, 0.5) is 6.01 Å². The zero-order chi connectivity index (χ0) is 14.4. The largest absolute Gasteiger partial charge is 0.497 e. The van der Waals surface area contributed by atoms with E-state index in [1.165, 1.54) is 0 Å². The maximum atomic E-state index is 5.54. The Kier molecular flexibility index (Phi) is 4.95. The number of hydrogen-bond donors (Lipinski definition) is 2. The number of nitrogens with zero attached hydrogens (tertiary/aromatic N) is 2. The third-order valence-electron chi connectivity index (χ3n) is 2.92. The van der Waals surface area contributed by atoms with E-state index in [1.807, 2.05) is 38.1 Å². The molecule has 1 unspecified atom stereocenters. The topological polar surface area (TPSA) is 72.2 Å². The summed E-state index contributed by atoms with van der Waals surface area (Å²) in [5.41, 5.74) is 1.12. The third kappa shape index (κ3) is 3.71. The van der Waals surface area contributed by atoms with E-state index in [0.29, 0.717) is 18.5 Å². The van der Waals surface area contributed by atoms with Crippen LogP contribution >= 0.6 is 0 Å². The van der Waals surface area contributed by atoms with E-state index >= 15 is 0 Å². The van der Waals surface area contributed by atoms with Crippen LogP contribution in [-0.2, 0) is 6.54 Å². The highest BCUT2D eigenvalue weighted by molar-refractivity contribution is 5.30. The van der Waals surface area contributed by atoms with Crippen LogP contribution in [0.15, 0.2) is 28.7 Å². The Morgan fingerprint density at radius 3 is 2.65 bits per heavy atom. The highest BCUT2D eigenvalue weighted by Crippen LogP contribution is 2.15. The molecule has 2 N–H and O–H groups in total. The van der Waals surface area contributed by atoms with Crippen LogP contribution in [0.2, 0.25) is 0 Å². The first-order valence-corrected chi connectivity index (χ1v) is 6.66. The number of rotatable bonds is 7. The molecule has 1 atom stereocenters. The fraction of sp³-hybridized carbons (Fsp3) is 0.429. The molecule has 0 aliphatic heterocycles. The van der Waals surface area contributed by atoms with E-state index in [-0.39, 0.29) is 6.04 Å². The van der Waals surface area contributed by atoms with Gasteiger partial charge in [0, 0.05) is 6.54 Å². The molecule has 6 heteroatoms. The monoisotopic (exact) mass is 276 g/mol. The van der Waals surface area contributed by atoms with Gasteiger partial charge in [0.1, 0.15) is 5.75 Å². The minimum Gasteiger partial charge on any atom is -0.497 e. The van der Waals surface area contributed by atoms with Gasteiger partial charge in [0.05, 0.1) is 13.2 Å². The van der Waals surface area contributed by atoms with Crippen molar-refractivity contribution in [1.82, 2.24) is 15.5 Å². The lowest BCUT2D eigenvalue weighted by Crippen LogP contribution is -2.17. The maximum Gasteiger partial charge on any atom is 0.315 e. The summed E-state index contributed by atoms with van der Waals surface area (Å²) in [6.07, 6.45) is 0. The zero-order valence-corrected chi connectivity index (χ0v) is 12.0. The summed E-state index contributed by atoms with van der Waals surface area (Å²) in [6, 6.07) is 8.31. The molecule has 2 rings (SSSR count). The van der Waals surface area contributed by atoms with Gasteiger partial charge in [0.25, 0.3) is 0 Å². The average molecular weight is 276 g/mol. The Hall–Kier alpha value is -2.08. The van der Waals surface area contributed by atoms with Gasteiger partial charge in [-0.1, -0.05) is 24.2 Å². The van der Waals surface area contributed by atoms with E-state index < -0.39 is 0 Å². The van der Waals surface area contributed by atoms with E-state index in [9.17, 15) is 0 Å². The van der Waals surface area contributed by atoms with Crippen LogP contribution in [0.3, 0.4) is 0 Å². The molecule has 0 bridgehead atoms. The average Bonchev–Trinajstić information content (AvgIpc) is 2.95. The van der Waals surface area contributed by atoms with Crippen molar-refractivity contribution in [2.75, 3.05) is 19.0 Å². The smallest absolute Gasteiger partial charge is 0.315 e. The summed E-state index contributed by atoms with van der Waals surface area (Å²) in [5, 5.41) is 14.3. The number of benzene rings is 1. The van der Waals surface area contributed by atoms with Crippen LogP contribution < -0.4 is 15.4 Å². The molecule has 1 aromatic heterocycles. The highest BCUT2D eigenvalue weighted by atomic mass is 16.5. The summed E-state index contributed by atoms with van der Waals surface area (Å²) >= 11 is 0. The van der Waals surface area contributed by atoms with E-state index in [1.54, 1.807) is 7.11 Å². The van der Waals surface area contributed by atoms with E-state index in [4.69, 9.17) is 9.15 Å². The first-order valence-electron chi connectivity index (χ1n) is 6.66. The molecule has 0 saturated heterocycles. The second kappa shape index (κ2) is 6.91. The Balaban J connectivity index is 1.90. The molecular formula is C14H20N4O2. The minimum absolute atomic E-state index is 0.0593. The van der Waals surface area contributed by atoms with E-state index in [0.717, 1.165) is 17.9 Å². The number of aromatic nitrogens is 2. The Bertz CT molecular complexity index is 524. The molecule has 1 aromatic carbocycles. The van der Waals surface area contributed by atoms with Gasteiger partial charge < -0.3 is 19.8 Å². The SMILES string of the molecule is CCNC(C)c1nnc(NCc2ccc(OC)cc2)o1. The molecule has 0 amide bonds. The van der Waals surface area contributed by atoms with Gasteiger partial charge in [-0.2, -0.15) is 0 Å². The molecule has 0 spiro atoms. The van der Waals surface area contributed by atoms with Crippen molar-refractivity contribution in [3.05, 3.63) is 35.7 Å². The molecule has 20 heavy (non-hydrogen) atoms. The van der Waals surface area contributed by atoms with Crippen LogP contribution in [-0.4, -0.2) is 23.9 Å². The molecule has 2 aromatic rings. The maximum absolute atomic E-state index is 5.54. The fourth-order valence-electron chi connectivity index (χ4n) is 1.80. The summed E-state index contributed by atoms with van der Waals surface area (Å²) < 4.78 is 10.7. The molecule has 108 valence electrons. The quantitative estimate of drug-likeness (QED) is 0.809. The van der Waals surface area contributed by atoms with Crippen molar-refractivity contribution < 1.29 is 9.15 Å². The summed E-state index contributed by atoms with van der Waals surface area (Å²) in [5.74, 6) is 1.43. The predicted molar refractivity (Wildman–Crippen MR) is 76.7 cm³/mol. The lowest BCUT2D eigenvalue weighted by atomic mass is 10.2. The normalized spacial score (nSPS) is 12.2. The van der Waals surface area contributed by atoms with Crippen molar-refractivity contribution in [2.45, 2.75) is 26.4 Å².